The van der Waals surface area contributed by atoms with Crippen LogP contribution in [0.3, 0.4) is 0 Å². The summed E-state index contributed by atoms with van der Waals surface area (Å²) in [7, 11) is 0. The van der Waals surface area contributed by atoms with Crippen molar-refractivity contribution in [2.75, 3.05) is 0 Å². The average molecular weight is 220 g/mol. The monoisotopic (exact) mass is 220 g/mol. The van der Waals surface area contributed by atoms with E-state index in [4.69, 9.17) is 0 Å². The molecule has 4 aliphatic rings. The third-order valence-corrected chi connectivity index (χ3v) is 6.61. The molecule has 0 aromatic carbocycles. The molecule has 0 heterocycles. The molecule has 0 saturated heterocycles. The Morgan fingerprint density at radius 3 is 2.12 bits per heavy atom. The first kappa shape index (κ1) is 11.1. The van der Waals surface area contributed by atoms with Gasteiger partial charge in [-0.1, -0.05) is 40.0 Å². The van der Waals surface area contributed by atoms with Crippen molar-refractivity contribution >= 4 is 0 Å². The van der Waals surface area contributed by atoms with Crippen molar-refractivity contribution < 1.29 is 0 Å². The van der Waals surface area contributed by atoms with Crippen LogP contribution in [0, 0.1) is 41.4 Å². The minimum Gasteiger partial charge on any atom is -0.0622 e. The summed E-state index contributed by atoms with van der Waals surface area (Å²) in [5.74, 6) is 7.46. The summed E-state index contributed by atoms with van der Waals surface area (Å²) in [5.41, 5.74) is 0. The Kier molecular flexibility index (Phi) is 2.80. The van der Waals surface area contributed by atoms with Gasteiger partial charge < -0.3 is 0 Å². The maximum absolute atomic E-state index is 2.56. The van der Waals surface area contributed by atoms with E-state index in [0.29, 0.717) is 0 Å². The fraction of sp³-hybridized carbons (Fsp3) is 1.00. The fourth-order valence-electron chi connectivity index (χ4n) is 5.32. The molecular weight excluding hydrogens is 192 g/mol. The van der Waals surface area contributed by atoms with Crippen molar-refractivity contribution in [1.29, 1.82) is 0 Å². The molecule has 0 heteroatoms. The summed E-state index contributed by atoms with van der Waals surface area (Å²) in [6.07, 6.45) is 9.24. The van der Waals surface area contributed by atoms with Crippen LogP contribution < -0.4 is 0 Å². The molecule has 4 rings (SSSR count). The first-order valence-corrected chi connectivity index (χ1v) is 7.68. The standard InChI is InChI=1S/C16H28/c1-10-6-4-5-7-15(10)16-12(3)11(2)13-8-14(16)9-13/h10-16H,4-9H2,1-3H3. The molecule has 0 amide bonds. The summed E-state index contributed by atoms with van der Waals surface area (Å²) in [6, 6.07) is 0. The van der Waals surface area contributed by atoms with Gasteiger partial charge in [0, 0.05) is 0 Å². The van der Waals surface area contributed by atoms with Crippen LogP contribution in [0.2, 0.25) is 0 Å². The molecule has 0 aromatic rings. The second-order valence-electron chi connectivity index (χ2n) is 7.21. The summed E-state index contributed by atoms with van der Waals surface area (Å²) in [6.45, 7) is 7.63. The lowest BCUT2D eigenvalue weighted by atomic mass is 9.47. The molecule has 0 spiro atoms. The Hall–Kier alpha value is 0. The van der Waals surface area contributed by atoms with Gasteiger partial charge in [0.2, 0.25) is 0 Å². The quantitative estimate of drug-likeness (QED) is 0.598. The van der Waals surface area contributed by atoms with Crippen LogP contribution in [0.1, 0.15) is 59.3 Å². The van der Waals surface area contributed by atoms with E-state index in [2.05, 4.69) is 20.8 Å². The molecule has 16 heavy (non-hydrogen) atoms. The Morgan fingerprint density at radius 1 is 0.750 bits per heavy atom. The minimum absolute atomic E-state index is 1.02. The van der Waals surface area contributed by atoms with Gasteiger partial charge in [-0.3, -0.25) is 0 Å². The summed E-state index contributed by atoms with van der Waals surface area (Å²) >= 11 is 0. The topological polar surface area (TPSA) is 0 Å². The Bertz CT molecular complexity index is 251. The second kappa shape index (κ2) is 4.03. The summed E-state index contributed by atoms with van der Waals surface area (Å²) < 4.78 is 0. The van der Waals surface area contributed by atoms with Gasteiger partial charge in [-0.2, -0.15) is 0 Å². The number of fused-ring (bicyclic) bond motifs is 2. The summed E-state index contributed by atoms with van der Waals surface area (Å²) in [5, 5.41) is 0. The first-order chi connectivity index (χ1) is 7.68. The third-order valence-electron chi connectivity index (χ3n) is 6.61. The van der Waals surface area contributed by atoms with Gasteiger partial charge >= 0.3 is 0 Å². The van der Waals surface area contributed by atoms with E-state index in [1.54, 1.807) is 19.3 Å². The van der Waals surface area contributed by atoms with Crippen LogP contribution >= 0.6 is 0 Å². The van der Waals surface area contributed by atoms with Crippen LogP contribution in [0.15, 0.2) is 0 Å². The van der Waals surface area contributed by atoms with Crippen LogP contribution in [0.5, 0.6) is 0 Å². The minimum atomic E-state index is 1.02. The maximum atomic E-state index is 2.56. The highest BCUT2D eigenvalue weighted by molar-refractivity contribution is 5.00. The van der Waals surface area contributed by atoms with Crippen LogP contribution in [-0.4, -0.2) is 0 Å². The van der Waals surface area contributed by atoms with Gasteiger partial charge in [0.15, 0.2) is 0 Å². The number of hydrogen-bond acceptors (Lipinski definition) is 0. The first-order valence-electron chi connectivity index (χ1n) is 7.68. The van der Waals surface area contributed by atoms with Crippen molar-refractivity contribution in [3.8, 4) is 0 Å². The highest BCUT2D eigenvalue weighted by Gasteiger charge is 2.51. The molecule has 0 aromatic heterocycles. The Morgan fingerprint density at radius 2 is 1.44 bits per heavy atom. The van der Waals surface area contributed by atoms with Crippen LogP contribution in [0.25, 0.3) is 0 Å². The van der Waals surface area contributed by atoms with E-state index >= 15 is 0 Å². The van der Waals surface area contributed by atoms with Crippen LogP contribution in [-0.2, 0) is 0 Å². The van der Waals surface area contributed by atoms with Crippen molar-refractivity contribution in [1.82, 2.24) is 0 Å². The lowest BCUT2D eigenvalue weighted by Crippen LogP contribution is -2.50. The van der Waals surface area contributed by atoms with Crippen molar-refractivity contribution in [3.05, 3.63) is 0 Å². The highest BCUT2D eigenvalue weighted by Crippen LogP contribution is 2.59. The highest BCUT2D eigenvalue weighted by atomic mass is 14.6. The van der Waals surface area contributed by atoms with Gasteiger partial charge in [0.25, 0.3) is 0 Å². The van der Waals surface area contributed by atoms with E-state index in [1.807, 2.05) is 0 Å². The zero-order valence-corrected chi connectivity index (χ0v) is 11.3. The Balaban J connectivity index is 1.76. The lowest BCUT2D eigenvalue weighted by Gasteiger charge is -2.58. The van der Waals surface area contributed by atoms with Crippen molar-refractivity contribution in [3.63, 3.8) is 0 Å². The van der Waals surface area contributed by atoms with Gasteiger partial charge in [0.1, 0.15) is 0 Å². The third kappa shape index (κ3) is 1.56. The molecule has 0 N–H and O–H groups in total. The van der Waals surface area contributed by atoms with Gasteiger partial charge in [-0.15, -0.1) is 0 Å². The Labute approximate surface area is 101 Å². The smallest absolute Gasteiger partial charge is 0.0326 e. The normalized spacial score (nSPS) is 56.8. The van der Waals surface area contributed by atoms with E-state index in [9.17, 15) is 0 Å². The molecule has 0 radical (unpaired) electrons. The SMILES string of the molecule is CC1CCCCC1C1C2CC(C2)C(C)C1C. The second-order valence-corrected chi connectivity index (χ2v) is 7.21. The molecule has 0 aliphatic heterocycles. The number of hydrogen-bond donors (Lipinski definition) is 0. The molecule has 5 unspecified atom stereocenters. The average Bonchev–Trinajstić information content (AvgIpc) is 2.21. The predicted octanol–water partition coefficient (Wildman–Crippen LogP) is 4.74. The largest absolute Gasteiger partial charge is 0.0622 e. The van der Waals surface area contributed by atoms with Crippen molar-refractivity contribution in [2.45, 2.75) is 59.3 Å². The fourth-order valence-corrected chi connectivity index (χ4v) is 5.32. The molecule has 4 aliphatic carbocycles. The molecule has 0 nitrogen and oxygen atoms in total. The van der Waals surface area contributed by atoms with E-state index in [0.717, 1.165) is 41.4 Å². The van der Waals surface area contributed by atoms with Crippen molar-refractivity contribution in [2.24, 2.45) is 41.4 Å². The number of rotatable bonds is 1. The van der Waals surface area contributed by atoms with Gasteiger partial charge in [-0.25, -0.2) is 0 Å². The lowest BCUT2D eigenvalue weighted by molar-refractivity contribution is -0.0880. The molecule has 5 atom stereocenters. The maximum Gasteiger partial charge on any atom is -0.0326 e. The van der Waals surface area contributed by atoms with Gasteiger partial charge in [0.05, 0.1) is 0 Å². The van der Waals surface area contributed by atoms with E-state index in [-0.39, 0.29) is 0 Å². The van der Waals surface area contributed by atoms with E-state index < -0.39 is 0 Å². The molecule has 92 valence electrons. The predicted molar refractivity (Wildman–Crippen MR) is 69.2 cm³/mol. The van der Waals surface area contributed by atoms with Crippen LogP contribution in [0.4, 0.5) is 0 Å². The molecule has 4 saturated carbocycles. The summed E-state index contributed by atoms with van der Waals surface area (Å²) in [4.78, 5) is 0. The zero-order valence-electron chi connectivity index (χ0n) is 11.3. The van der Waals surface area contributed by atoms with Gasteiger partial charge in [-0.05, 0) is 60.7 Å². The molecule has 2 bridgehead atoms. The molecular formula is C16H28. The van der Waals surface area contributed by atoms with E-state index in [1.165, 1.54) is 19.3 Å². The molecule has 4 fully saturated rings. The zero-order chi connectivity index (χ0) is 11.3.